The summed E-state index contributed by atoms with van der Waals surface area (Å²) in [5, 5.41) is 4.28. The zero-order valence-corrected chi connectivity index (χ0v) is 9.73. The lowest BCUT2D eigenvalue weighted by atomic mass is 10.1. The van der Waals surface area contributed by atoms with Gasteiger partial charge < -0.3 is 10.3 Å². The van der Waals surface area contributed by atoms with Gasteiger partial charge in [0.05, 0.1) is 0 Å². The SMILES string of the molecule is CNCCCc1c(C)[nH]c2cc(F)ccc12. The highest BCUT2D eigenvalue weighted by atomic mass is 19.1. The van der Waals surface area contributed by atoms with E-state index in [9.17, 15) is 4.39 Å². The maximum atomic E-state index is 13.1. The highest BCUT2D eigenvalue weighted by Gasteiger charge is 2.08. The van der Waals surface area contributed by atoms with E-state index in [4.69, 9.17) is 0 Å². The first-order valence-corrected chi connectivity index (χ1v) is 5.63. The van der Waals surface area contributed by atoms with E-state index in [0.29, 0.717) is 0 Å². The maximum absolute atomic E-state index is 13.1. The predicted octanol–water partition coefficient (Wildman–Crippen LogP) is 2.77. The molecule has 0 radical (unpaired) electrons. The number of fused-ring (bicyclic) bond motifs is 1. The van der Waals surface area contributed by atoms with Crippen LogP contribution < -0.4 is 5.32 Å². The number of benzene rings is 1. The molecule has 0 aliphatic heterocycles. The van der Waals surface area contributed by atoms with Gasteiger partial charge in [0.2, 0.25) is 0 Å². The minimum absolute atomic E-state index is 0.185. The molecule has 2 aromatic rings. The number of aromatic amines is 1. The minimum atomic E-state index is -0.185. The second-order valence-electron chi connectivity index (χ2n) is 4.13. The average molecular weight is 220 g/mol. The van der Waals surface area contributed by atoms with Crippen LogP contribution in [0.1, 0.15) is 17.7 Å². The van der Waals surface area contributed by atoms with Crippen LogP contribution in [-0.4, -0.2) is 18.6 Å². The van der Waals surface area contributed by atoms with Gasteiger partial charge in [-0.3, -0.25) is 0 Å². The molecule has 0 atom stereocenters. The number of hydrogen-bond donors (Lipinski definition) is 2. The third-order valence-electron chi connectivity index (χ3n) is 2.94. The van der Waals surface area contributed by atoms with E-state index in [1.54, 1.807) is 6.07 Å². The number of rotatable bonds is 4. The van der Waals surface area contributed by atoms with Crippen LogP contribution in [-0.2, 0) is 6.42 Å². The van der Waals surface area contributed by atoms with E-state index < -0.39 is 0 Å². The van der Waals surface area contributed by atoms with Crippen LogP contribution in [0.3, 0.4) is 0 Å². The summed E-state index contributed by atoms with van der Waals surface area (Å²) >= 11 is 0. The first-order chi connectivity index (χ1) is 7.72. The topological polar surface area (TPSA) is 27.8 Å². The molecule has 0 amide bonds. The van der Waals surface area contributed by atoms with Crippen molar-refractivity contribution in [1.29, 1.82) is 0 Å². The summed E-state index contributed by atoms with van der Waals surface area (Å²) in [6.45, 7) is 3.06. The first kappa shape index (κ1) is 11.1. The number of aromatic nitrogens is 1. The van der Waals surface area contributed by atoms with E-state index in [-0.39, 0.29) is 5.82 Å². The molecule has 3 heteroatoms. The van der Waals surface area contributed by atoms with Crippen LogP contribution >= 0.6 is 0 Å². The van der Waals surface area contributed by atoms with E-state index in [1.807, 2.05) is 20.0 Å². The number of nitrogens with one attached hydrogen (secondary N) is 2. The molecular formula is C13H17FN2. The van der Waals surface area contributed by atoms with Crippen molar-refractivity contribution in [2.45, 2.75) is 19.8 Å². The Bertz CT molecular complexity index is 488. The van der Waals surface area contributed by atoms with E-state index >= 15 is 0 Å². The number of aryl methyl sites for hydroxylation is 2. The summed E-state index contributed by atoms with van der Waals surface area (Å²) in [5.74, 6) is -0.185. The molecule has 0 spiro atoms. The van der Waals surface area contributed by atoms with Gasteiger partial charge in [-0.1, -0.05) is 0 Å². The molecule has 0 unspecified atom stereocenters. The monoisotopic (exact) mass is 220 g/mol. The van der Waals surface area contributed by atoms with Gasteiger partial charge >= 0.3 is 0 Å². The van der Waals surface area contributed by atoms with Crippen LogP contribution in [0.15, 0.2) is 18.2 Å². The highest BCUT2D eigenvalue weighted by molar-refractivity contribution is 5.84. The van der Waals surface area contributed by atoms with Gasteiger partial charge in [0.1, 0.15) is 5.82 Å². The summed E-state index contributed by atoms with van der Waals surface area (Å²) in [4.78, 5) is 3.23. The smallest absolute Gasteiger partial charge is 0.125 e. The first-order valence-electron chi connectivity index (χ1n) is 5.63. The predicted molar refractivity (Wildman–Crippen MR) is 65.2 cm³/mol. The molecule has 2 rings (SSSR count). The van der Waals surface area contributed by atoms with Crippen molar-refractivity contribution in [3.05, 3.63) is 35.3 Å². The Morgan fingerprint density at radius 1 is 1.38 bits per heavy atom. The van der Waals surface area contributed by atoms with Gasteiger partial charge in [0.25, 0.3) is 0 Å². The highest BCUT2D eigenvalue weighted by Crippen LogP contribution is 2.23. The van der Waals surface area contributed by atoms with E-state index in [2.05, 4.69) is 10.3 Å². The number of hydrogen-bond acceptors (Lipinski definition) is 1. The summed E-state index contributed by atoms with van der Waals surface area (Å²) < 4.78 is 13.1. The lowest BCUT2D eigenvalue weighted by molar-refractivity contribution is 0.629. The van der Waals surface area contributed by atoms with Crippen molar-refractivity contribution >= 4 is 10.9 Å². The Morgan fingerprint density at radius 2 is 2.19 bits per heavy atom. The maximum Gasteiger partial charge on any atom is 0.125 e. The van der Waals surface area contributed by atoms with Crippen LogP contribution in [0.2, 0.25) is 0 Å². The Hall–Kier alpha value is -1.35. The quantitative estimate of drug-likeness (QED) is 0.762. The zero-order chi connectivity index (χ0) is 11.5. The Kier molecular flexibility index (Phi) is 3.25. The minimum Gasteiger partial charge on any atom is -0.358 e. The van der Waals surface area contributed by atoms with Gasteiger partial charge in [-0.05, 0) is 57.1 Å². The zero-order valence-electron chi connectivity index (χ0n) is 9.73. The average Bonchev–Trinajstić information content (AvgIpc) is 2.55. The molecular weight excluding hydrogens is 203 g/mol. The lowest BCUT2D eigenvalue weighted by Gasteiger charge is -2.01. The third kappa shape index (κ3) is 2.09. The molecule has 0 bridgehead atoms. The van der Waals surface area contributed by atoms with Gasteiger partial charge in [0.15, 0.2) is 0 Å². The molecule has 0 aliphatic rings. The Morgan fingerprint density at radius 3 is 2.94 bits per heavy atom. The summed E-state index contributed by atoms with van der Waals surface area (Å²) in [5.41, 5.74) is 3.36. The molecule has 2 N–H and O–H groups in total. The van der Waals surface area contributed by atoms with Crippen molar-refractivity contribution in [3.63, 3.8) is 0 Å². The molecule has 16 heavy (non-hydrogen) atoms. The van der Waals surface area contributed by atoms with Crippen molar-refractivity contribution in [2.24, 2.45) is 0 Å². The van der Waals surface area contributed by atoms with Crippen LogP contribution in [0.25, 0.3) is 10.9 Å². The van der Waals surface area contributed by atoms with Crippen LogP contribution in [0.5, 0.6) is 0 Å². The van der Waals surface area contributed by atoms with Gasteiger partial charge in [-0.2, -0.15) is 0 Å². The second kappa shape index (κ2) is 4.66. The Labute approximate surface area is 94.9 Å². The van der Waals surface area contributed by atoms with E-state index in [0.717, 1.165) is 36.0 Å². The molecule has 1 aromatic carbocycles. The van der Waals surface area contributed by atoms with Gasteiger partial charge in [-0.15, -0.1) is 0 Å². The van der Waals surface area contributed by atoms with E-state index in [1.165, 1.54) is 11.6 Å². The Balaban J connectivity index is 2.32. The van der Waals surface area contributed by atoms with Crippen LogP contribution in [0.4, 0.5) is 4.39 Å². The standard InChI is InChI=1S/C13H17FN2/c1-9-11(4-3-7-15-2)12-6-5-10(14)8-13(12)16-9/h5-6,8,15-16H,3-4,7H2,1-2H3. The molecule has 1 aromatic heterocycles. The summed E-state index contributed by atoms with van der Waals surface area (Å²) in [7, 11) is 1.96. The normalized spacial score (nSPS) is 11.2. The van der Waals surface area contributed by atoms with Crippen LogP contribution in [0, 0.1) is 12.7 Å². The second-order valence-corrected chi connectivity index (χ2v) is 4.13. The van der Waals surface area contributed by atoms with Crippen molar-refractivity contribution < 1.29 is 4.39 Å². The fourth-order valence-corrected chi connectivity index (χ4v) is 2.13. The molecule has 0 fully saturated rings. The largest absolute Gasteiger partial charge is 0.358 e. The fraction of sp³-hybridized carbons (Fsp3) is 0.385. The summed E-state index contributed by atoms with van der Waals surface area (Å²) in [6, 6.07) is 4.95. The van der Waals surface area contributed by atoms with Gasteiger partial charge in [0, 0.05) is 16.6 Å². The van der Waals surface area contributed by atoms with Gasteiger partial charge in [-0.25, -0.2) is 4.39 Å². The third-order valence-corrected chi connectivity index (χ3v) is 2.94. The molecule has 0 saturated carbocycles. The van der Waals surface area contributed by atoms with Crippen molar-refractivity contribution in [3.8, 4) is 0 Å². The molecule has 1 heterocycles. The fourth-order valence-electron chi connectivity index (χ4n) is 2.13. The number of H-pyrrole nitrogens is 1. The molecule has 86 valence electrons. The van der Waals surface area contributed by atoms with Crippen molar-refractivity contribution in [1.82, 2.24) is 10.3 Å². The molecule has 0 aliphatic carbocycles. The van der Waals surface area contributed by atoms with Crippen molar-refractivity contribution in [2.75, 3.05) is 13.6 Å². The number of halogens is 1. The molecule has 2 nitrogen and oxygen atoms in total. The lowest BCUT2D eigenvalue weighted by Crippen LogP contribution is -2.08. The summed E-state index contributed by atoms with van der Waals surface area (Å²) in [6.07, 6.45) is 2.12. The molecule has 0 saturated heterocycles.